The Kier molecular flexibility index (Phi) is 4.58. The zero-order valence-electron chi connectivity index (χ0n) is 19.1. The molecule has 9 atom stereocenters. The Morgan fingerprint density at radius 3 is 2.42 bits per heavy atom. The molecule has 5 rings (SSSR count). The van der Waals surface area contributed by atoms with Crippen LogP contribution in [0.1, 0.15) is 73.1 Å². The van der Waals surface area contributed by atoms with Crippen molar-refractivity contribution in [2.24, 2.45) is 39.9 Å². The highest BCUT2D eigenvalue weighted by Gasteiger charge is 2.77. The molecular weight excluding hydrogens is 400 g/mol. The summed E-state index contributed by atoms with van der Waals surface area (Å²) in [7, 11) is 0. The van der Waals surface area contributed by atoms with Crippen molar-refractivity contribution in [1.29, 1.82) is 0 Å². The maximum absolute atomic E-state index is 12.6. The van der Waals surface area contributed by atoms with E-state index >= 15 is 0 Å². The van der Waals surface area contributed by atoms with Crippen LogP contribution in [-0.4, -0.2) is 36.6 Å². The largest absolute Gasteiger partial charge is 0.462 e. The van der Waals surface area contributed by atoms with Crippen LogP contribution >= 0.6 is 0 Å². The fourth-order valence-electron chi connectivity index (χ4n) is 8.91. The van der Waals surface area contributed by atoms with Gasteiger partial charge in [0.1, 0.15) is 6.10 Å². The van der Waals surface area contributed by atoms with Gasteiger partial charge in [0.25, 0.3) is 0 Å². The maximum atomic E-state index is 12.6. The van der Waals surface area contributed by atoms with Crippen molar-refractivity contribution in [3.8, 4) is 0 Å². The molecule has 0 N–H and O–H groups in total. The first kappa shape index (κ1) is 21.2. The summed E-state index contributed by atoms with van der Waals surface area (Å²) in [5, 5.41) is 0. The molecule has 5 fully saturated rings. The Balaban J connectivity index is 1.67. The zero-order chi connectivity index (χ0) is 22.3. The van der Waals surface area contributed by atoms with Gasteiger partial charge in [-0.1, -0.05) is 27.2 Å². The van der Waals surface area contributed by atoms with Crippen LogP contribution in [0.3, 0.4) is 0 Å². The van der Waals surface area contributed by atoms with E-state index in [1.165, 1.54) is 13.8 Å². The average Bonchev–Trinajstić information content (AvgIpc) is 3.10. The van der Waals surface area contributed by atoms with Gasteiger partial charge in [0.15, 0.2) is 0 Å². The van der Waals surface area contributed by atoms with E-state index in [9.17, 15) is 14.4 Å². The van der Waals surface area contributed by atoms with E-state index in [4.69, 9.17) is 18.9 Å². The summed E-state index contributed by atoms with van der Waals surface area (Å²) in [5.74, 6) is -0.961. The molecule has 7 heteroatoms. The van der Waals surface area contributed by atoms with Crippen LogP contribution in [0.2, 0.25) is 0 Å². The topological polar surface area (TPSA) is 88.1 Å². The molecule has 172 valence electrons. The normalized spacial score (nSPS) is 49.3. The molecule has 2 heterocycles. The highest BCUT2D eigenvalue weighted by molar-refractivity contribution is 5.76. The molecule has 5 aliphatic rings. The molecule has 3 aliphatic carbocycles. The summed E-state index contributed by atoms with van der Waals surface area (Å²) in [6.07, 6.45) is 3.58. The molecule has 0 aromatic rings. The van der Waals surface area contributed by atoms with Crippen LogP contribution in [0, 0.1) is 39.9 Å². The van der Waals surface area contributed by atoms with Crippen molar-refractivity contribution in [2.45, 2.75) is 91.8 Å². The second-order valence-electron chi connectivity index (χ2n) is 11.4. The molecule has 2 saturated heterocycles. The number of esters is 3. The number of hydrogen-bond donors (Lipinski definition) is 0. The molecule has 2 aliphatic heterocycles. The quantitative estimate of drug-likeness (QED) is 0.485. The Hall–Kier alpha value is -1.63. The Morgan fingerprint density at radius 2 is 1.74 bits per heavy atom. The van der Waals surface area contributed by atoms with E-state index in [0.717, 1.165) is 32.1 Å². The summed E-state index contributed by atoms with van der Waals surface area (Å²) < 4.78 is 23.6. The number of carbonyl (C=O) groups is 3. The molecule has 0 bridgehead atoms. The summed E-state index contributed by atoms with van der Waals surface area (Å²) in [6.45, 7) is 9.75. The number of ether oxygens (including phenoxy) is 4. The van der Waals surface area contributed by atoms with Crippen LogP contribution in [0.5, 0.6) is 0 Å². The standard InChI is InChI=1S/C24H34O7/c1-12(25)28-15-11-24-16(23(5)10-6-9-22(3,4)18(15)23)8-7-14-17(24)20(30-19(14)27)31-21(24)29-13(2)26/h14-18,20-21H,6-11H2,1-5H3/t14-,15+,16-,17+,18+,20?,21+,23-,24+/m1/s1. The van der Waals surface area contributed by atoms with E-state index in [0.29, 0.717) is 6.42 Å². The van der Waals surface area contributed by atoms with Crippen LogP contribution < -0.4 is 0 Å². The lowest BCUT2D eigenvalue weighted by Crippen LogP contribution is -2.67. The third-order valence-electron chi connectivity index (χ3n) is 9.40. The fraction of sp³-hybridized carbons (Fsp3) is 0.875. The zero-order valence-corrected chi connectivity index (χ0v) is 19.1. The first-order chi connectivity index (χ1) is 14.5. The molecule has 3 saturated carbocycles. The second kappa shape index (κ2) is 6.69. The van der Waals surface area contributed by atoms with Crippen LogP contribution in [0.25, 0.3) is 0 Å². The van der Waals surface area contributed by atoms with Crippen LogP contribution in [-0.2, 0) is 33.3 Å². The first-order valence-electron chi connectivity index (χ1n) is 11.7. The van der Waals surface area contributed by atoms with Crippen LogP contribution in [0.15, 0.2) is 0 Å². The SMILES string of the molecule is CC(=O)O[C@H]1OC2OC(=O)[C@@H]3CC[C@@H]4[C@@]5(C)CCCC(C)(C)[C@@H]5[C@@H](OC(C)=O)C[C@]14[C@H]23. The monoisotopic (exact) mass is 434 g/mol. The third-order valence-corrected chi connectivity index (χ3v) is 9.40. The average molecular weight is 435 g/mol. The molecule has 31 heavy (non-hydrogen) atoms. The summed E-state index contributed by atoms with van der Waals surface area (Å²) in [5.41, 5.74) is -0.694. The van der Waals surface area contributed by atoms with Gasteiger partial charge in [-0.3, -0.25) is 14.4 Å². The summed E-state index contributed by atoms with van der Waals surface area (Å²) in [6, 6.07) is 0. The Bertz CT molecular complexity index is 821. The smallest absolute Gasteiger partial charge is 0.311 e. The van der Waals surface area contributed by atoms with Crippen molar-refractivity contribution >= 4 is 17.9 Å². The van der Waals surface area contributed by atoms with Crippen molar-refractivity contribution < 1.29 is 33.3 Å². The van der Waals surface area contributed by atoms with E-state index in [-0.39, 0.29) is 52.5 Å². The van der Waals surface area contributed by atoms with Gasteiger partial charge in [-0.2, -0.15) is 0 Å². The molecule has 0 radical (unpaired) electrons. The summed E-state index contributed by atoms with van der Waals surface area (Å²) >= 11 is 0. The number of rotatable bonds is 2. The predicted molar refractivity (Wildman–Crippen MR) is 108 cm³/mol. The number of fused-ring (bicyclic) bond motifs is 2. The Morgan fingerprint density at radius 1 is 1.03 bits per heavy atom. The molecule has 7 nitrogen and oxygen atoms in total. The molecule has 0 amide bonds. The fourth-order valence-corrected chi connectivity index (χ4v) is 8.91. The Labute approximate surface area is 183 Å². The number of hydrogen-bond acceptors (Lipinski definition) is 7. The lowest BCUT2D eigenvalue weighted by atomic mass is 9.38. The molecule has 0 aromatic heterocycles. The van der Waals surface area contributed by atoms with E-state index < -0.39 is 24.0 Å². The third kappa shape index (κ3) is 2.77. The molecule has 1 unspecified atom stereocenters. The maximum Gasteiger partial charge on any atom is 0.311 e. The minimum atomic E-state index is -0.790. The van der Waals surface area contributed by atoms with Gasteiger partial charge in [-0.05, 0) is 48.9 Å². The molecule has 1 spiro atoms. The minimum Gasteiger partial charge on any atom is -0.462 e. The van der Waals surface area contributed by atoms with E-state index in [2.05, 4.69) is 20.8 Å². The van der Waals surface area contributed by atoms with Gasteiger partial charge in [-0.25, -0.2) is 0 Å². The minimum absolute atomic E-state index is 0.0172. The first-order valence-corrected chi connectivity index (χ1v) is 11.7. The highest BCUT2D eigenvalue weighted by Crippen LogP contribution is 2.74. The van der Waals surface area contributed by atoms with Gasteiger partial charge in [0.05, 0.1) is 5.92 Å². The molecular formula is C24H34O7. The van der Waals surface area contributed by atoms with Gasteiger partial charge in [-0.15, -0.1) is 0 Å². The lowest BCUT2D eigenvalue weighted by molar-refractivity contribution is -0.272. The van der Waals surface area contributed by atoms with Crippen LogP contribution in [0.4, 0.5) is 0 Å². The van der Waals surface area contributed by atoms with Gasteiger partial charge in [0.2, 0.25) is 12.6 Å². The van der Waals surface area contributed by atoms with Crippen molar-refractivity contribution in [1.82, 2.24) is 0 Å². The molecule has 0 aromatic carbocycles. The lowest BCUT2D eigenvalue weighted by Gasteiger charge is -2.66. The van der Waals surface area contributed by atoms with Gasteiger partial charge in [0, 0.05) is 31.1 Å². The van der Waals surface area contributed by atoms with Gasteiger partial charge < -0.3 is 18.9 Å². The predicted octanol–water partition coefficient (Wildman–Crippen LogP) is 3.59. The van der Waals surface area contributed by atoms with E-state index in [1.807, 2.05) is 0 Å². The van der Waals surface area contributed by atoms with Crippen molar-refractivity contribution in [3.63, 3.8) is 0 Å². The van der Waals surface area contributed by atoms with Crippen molar-refractivity contribution in [2.75, 3.05) is 0 Å². The highest BCUT2D eigenvalue weighted by atomic mass is 16.8. The van der Waals surface area contributed by atoms with Crippen molar-refractivity contribution in [3.05, 3.63) is 0 Å². The summed E-state index contributed by atoms with van der Waals surface area (Å²) in [4.78, 5) is 36.9. The second-order valence-corrected chi connectivity index (χ2v) is 11.4. The van der Waals surface area contributed by atoms with Gasteiger partial charge >= 0.3 is 17.9 Å². The number of carbonyl (C=O) groups excluding carboxylic acids is 3. The van der Waals surface area contributed by atoms with E-state index in [1.54, 1.807) is 0 Å².